The van der Waals surface area contributed by atoms with Crippen LogP contribution in [0.3, 0.4) is 0 Å². The summed E-state index contributed by atoms with van der Waals surface area (Å²) in [6.07, 6.45) is 5.54. The quantitative estimate of drug-likeness (QED) is 0.647. The number of hydrogen-bond acceptors (Lipinski definition) is 2. The Bertz CT molecular complexity index is 803. The number of carbonyl (C=O) groups is 1. The van der Waals surface area contributed by atoms with Gasteiger partial charge < -0.3 is 9.78 Å². The highest BCUT2D eigenvalue weighted by Crippen LogP contribution is 2.53. The van der Waals surface area contributed by atoms with E-state index in [1.165, 1.54) is 34.0 Å². The number of nitrogens with zero attached hydrogens (tertiary/aromatic N) is 1. The van der Waals surface area contributed by atoms with Gasteiger partial charge in [0.2, 0.25) is 0 Å². The third-order valence-electron chi connectivity index (χ3n) is 6.17. The summed E-state index contributed by atoms with van der Waals surface area (Å²) < 4.78 is 0. The Morgan fingerprint density at radius 1 is 1.32 bits per heavy atom. The Balaban J connectivity index is 1.70. The van der Waals surface area contributed by atoms with Gasteiger partial charge in [0.05, 0.1) is 6.04 Å². The van der Waals surface area contributed by atoms with Crippen molar-refractivity contribution in [3.05, 3.63) is 47.2 Å². The summed E-state index contributed by atoms with van der Waals surface area (Å²) >= 11 is 0. The van der Waals surface area contributed by atoms with Crippen molar-refractivity contribution < 1.29 is 4.79 Å². The van der Waals surface area contributed by atoms with Crippen LogP contribution in [0.25, 0.3) is 10.9 Å². The third kappa shape index (κ3) is 1.42. The van der Waals surface area contributed by atoms with E-state index >= 15 is 0 Å². The zero-order valence-electron chi connectivity index (χ0n) is 12.8. The van der Waals surface area contributed by atoms with Gasteiger partial charge in [-0.2, -0.15) is 0 Å². The van der Waals surface area contributed by atoms with E-state index in [9.17, 15) is 4.79 Å². The van der Waals surface area contributed by atoms with Gasteiger partial charge in [0, 0.05) is 35.1 Å². The average molecular weight is 292 g/mol. The molecule has 1 aromatic heterocycles. The summed E-state index contributed by atoms with van der Waals surface area (Å²) in [6.45, 7) is 3.15. The summed E-state index contributed by atoms with van der Waals surface area (Å²) in [7, 11) is 0. The number of para-hydroxylation sites is 1. The van der Waals surface area contributed by atoms with Crippen molar-refractivity contribution >= 4 is 17.2 Å². The molecule has 0 spiro atoms. The highest BCUT2D eigenvalue weighted by atomic mass is 16.1. The number of carbonyl (C=O) groups excluding carboxylic acids is 1. The number of benzene rings is 1. The standard InChI is InChI=1S/C19H20N2O/c1-2-11-9-21-17-8-14-12-5-3-4-6-16(12)20-19(14)18(21)7-13(11)15(17)10-22/h2-6,10,13,15,17-18,20H,7-9H2,1H3/b11-2-/t13?,15?,17?,18-/m0/s1. The second kappa shape index (κ2) is 4.32. The molecule has 0 amide bonds. The van der Waals surface area contributed by atoms with Crippen LogP contribution in [0.4, 0.5) is 0 Å². The molecule has 3 saturated heterocycles. The molecule has 4 aliphatic heterocycles. The molecule has 112 valence electrons. The fourth-order valence-electron chi connectivity index (χ4n) is 5.17. The monoisotopic (exact) mass is 292 g/mol. The van der Waals surface area contributed by atoms with Crippen LogP contribution in [0.15, 0.2) is 35.9 Å². The molecule has 22 heavy (non-hydrogen) atoms. The van der Waals surface area contributed by atoms with E-state index in [1.54, 1.807) is 0 Å². The summed E-state index contributed by atoms with van der Waals surface area (Å²) in [5.74, 6) is 0.611. The van der Waals surface area contributed by atoms with Gasteiger partial charge in [-0.25, -0.2) is 0 Å². The lowest BCUT2D eigenvalue weighted by atomic mass is 9.64. The van der Waals surface area contributed by atoms with E-state index in [2.05, 4.69) is 47.1 Å². The maximum atomic E-state index is 11.8. The number of rotatable bonds is 1. The van der Waals surface area contributed by atoms with E-state index in [0.29, 0.717) is 18.0 Å². The highest BCUT2D eigenvalue weighted by Gasteiger charge is 2.52. The molecule has 0 aliphatic carbocycles. The number of hydrogen-bond donors (Lipinski definition) is 1. The van der Waals surface area contributed by atoms with Crippen molar-refractivity contribution in [2.24, 2.45) is 11.8 Å². The molecule has 3 fully saturated rings. The Morgan fingerprint density at radius 2 is 2.18 bits per heavy atom. The second-order valence-corrected chi connectivity index (χ2v) is 6.94. The number of nitrogens with one attached hydrogen (secondary N) is 1. The first-order valence-corrected chi connectivity index (χ1v) is 8.27. The first kappa shape index (κ1) is 12.7. The van der Waals surface area contributed by atoms with Crippen molar-refractivity contribution in [3.63, 3.8) is 0 Å². The number of H-pyrrole nitrogens is 1. The first-order chi connectivity index (χ1) is 10.8. The van der Waals surface area contributed by atoms with Crippen molar-refractivity contribution in [3.8, 4) is 0 Å². The second-order valence-electron chi connectivity index (χ2n) is 6.94. The van der Waals surface area contributed by atoms with E-state index in [-0.39, 0.29) is 5.92 Å². The topological polar surface area (TPSA) is 36.1 Å². The smallest absolute Gasteiger partial charge is 0.125 e. The Morgan fingerprint density at radius 3 is 3.00 bits per heavy atom. The number of aromatic nitrogens is 1. The maximum Gasteiger partial charge on any atom is 0.125 e. The molecule has 3 nitrogen and oxygen atoms in total. The third-order valence-corrected chi connectivity index (χ3v) is 6.17. The van der Waals surface area contributed by atoms with Gasteiger partial charge >= 0.3 is 0 Å². The lowest BCUT2D eigenvalue weighted by Gasteiger charge is -2.57. The molecule has 4 aliphatic rings. The zero-order chi connectivity index (χ0) is 14.8. The van der Waals surface area contributed by atoms with Gasteiger partial charge in [-0.3, -0.25) is 4.90 Å². The van der Waals surface area contributed by atoms with Gasteiger partial charge in [-0.15, -0.1) is 0 Å². The molecule has 2 aromatic rings. The number of piperidine rings is 3. The van der Waals surface area contributed by atoms with Crippen LogP contribution < -0.4 is 0 Å². The minimum atomic E-state index is 0.165. The van der Waals surface area contributed by atoms with Crippen LogP contribution in [-0.2, 0) is 11.2 Å². The van der Waals surface area contributed by atoms with Crippen LogP contribution in [0, 0.1) is 11.8 Å². The van der Waals surface area contributed by atoms with Gasteiger partial charge in [0.1, 0.15) is 6.29 Å². The van der Waals surface area contributed by atoms with Crippen LogP contribution in [0.2, 0.25) is 0 Å². The van der Waals surface area contributed by atoms with Crippen molar-refractivity contribution in [2.75, 3.05) is 6.54 Å². The van der Waals surface area contributed by atoms with Gasteiger partial charge in [0.15, 0.2) is 0 Å². The van der Waals surface area contributed by atoms with Crippen LogP contribution >= 0.6 is 0 Å². The first-order valence-electron chi connectivity index (χ1n) is 8.27. The molecule has 3 heteroatoms. The van der Waals surface area contributed by atoms with Crippen LogP contribution in [0.1, 0.15) is 30.6 Å². The average Bonchev–Trinajstić information content (AvgIpc) is 2.93. The van der Waals surface area contributed by atoms with E-state index in [1.807, 2.05) is 0 Å². The van der Waals surface area contributed by atoms with Crippen molar-refractivity contribution in [1.29, 1.82) is 0 Å². The van der Waals surface area contributed by atoms with Gasteiger partial charge in [-0.1, -0.05) is 29.8 Å². The minimum absolute atomic E-state index is 0.165. The molecular formula is C19H20N2O. The van der Waals surface area contributed by atoms with Gasteiger partial charge in [-0.05, 0) is 37.3 Å². The predicted octanol–water partition coefficient (Wildman–Crippen LogP) is 3.23. The lowest BCUT2D eigenvalue weighted by molar-refractivity contribution is -0.121. The van der Waals surface area contributed by atoms with Crippen molar-refractivity contribution in [2.45, 2.75) is 31.8 Å². The molecule has 5 heterocycles. The summed E-state index contributed by atoms with van der Waals surface area (Å²) in [4.78, 5) is 18.0. The zero-order valence-corrected chi connectivity index (χ0v) is 12.8. The van der Waals surface area contributed by atoms with Crippen molar-refractivity contribution in [1.82, 2.24) is 9.88 Å². The molecule has 4 bridgehead atoms. The number of aromatic amines is 1. The maximum absolute atomic E-state index is 11.8. The highest BCUT2D eigenvalue weighted by molar-refractivity contribution is 5.85. The minimum Gasteiger partial charge on any atom is -0.357 e. The molecule has 6 rings (SSSR count). The molecule has 5 atom stereocenters. The van der Waals surface area contributed by atoms with E-state index in [0.717, 1.165) is 19.4 Å². The SMILES string of the molecule is C/C=C1/CN2C3Cc4c([nH]c5ccccc45)[C@@H]2CC1C3C=O. The number of fused-ring (bicyclic) bond motifs is 4. The number of aldehydes is 1. The summed E-state index contributed by atoms with van der Waals surface area (Å²) in [5.41, 5.74) is 5.56. The Hall–Kier alpha value is -1.87. The van der Waals surface area contributed by atoms with Crippen LogP contribution in [0.5, 0.6) is 0 Å². The molecule has 0 saturated carbocycles. The molecule has 1 N–H and O–H groups in total. The van der Waals surface area contributed by atoms with Gasteiger partial charge in [0.25, 0.3) is 0 Å². The fraction of sp³-hybridized carbons (Fsp3) is 0.421. The number of allylic oxidation sites excluding steroid dienone is 1. The predicted molar refractivity (Wildman–Crippen MR) is 86.7 cm³/mol. The van der Waals surface area contributed by atoms with E-state index in [4.69, 9.17) is 0 Å². The summed E-state index contributed by atoms with van der Waals surface area (Å²) in [6, 6.07) is 9.44. The van der Waals surface area contributed by atoms with Crippen LogP contribution in [-0.4, -0.2) is 28.8 Å². The fourth-order valence-corrected chi connectivity index (χ4v) is 5.17. The Labute approximate surface area is 130 Å². The Kier molecular flexibility index (Phi) is 2.49. The normalized spacial score (nSPS) is 37.5. The molecule has 1 aromatic carbocycles. The summed E-state index contributed by atoms with van der Waals surface area (Å²) in [5, 5.41) is 1.35. The molecule has 4 unspecified atom stereocenters. The molecular weight excluding hydrogens is 272 g/mol. The van der Waals surface area contributed by atoms with E-state index < -0.39 is 0 Å². The lowest BCUT2D eigenvalue weighted by Crippen LogP contribution is -2.60. The largest absolute Gasteiger partial charge is 0.357 e. The molecule has 0 radical (unpaired) electrons.